The number of benzene rings is 2. The van der Waals surface area contributed by atoms with Gasteiger partial charge in [0.1, 0.15) is 0 Å². The first kappa shape index (κ1) is 19.7. The van der Waals surface area contributed by atoms with Gasteiger partial charge in [-0.1, -0.05) is 23.7 Å². The van der Waals surface area contributed by atoms with E-state index >= 15 is 0 Å². The predicted molar refractivity (Wildman–Crippen MR) is 102 cm³/mol. The summed E-state index contributed by atoms with van der Waals surface area (Å²) in [5, 5.41) is 5.37. The van der Waals surface area contributed by atoms with Gasteiger partial charge in [0, 0.05) is 15.2 Å². The van der Waals surface area contributed by atoms with E-state index in [1.54, 1.807) is 18.2 Å². The molecule has 0 spiro atoms. The van der Waals surface area contributed by atoms with Crippen LogP contribution in [0.1, 0.15) is 10.4 Å². The van der Waals surface area contributed by atoms with Crippen molar-refractivity contribution in [2.75, 3.05) is 24.2 Å². The highest BCUT2D eigenvalue weighted by atomic mass is 79.9. The molecule has 0 fully saturated rings. The molecular formula is C17H15BrClN3O4. The van der Waals surface area contributed by atoms with Crippen molar-refractivity contribution in [3.8, 4) is 0 Å². The molecular weight excluding hydrogens is 426 g/mol. The number of esters is 1. The van der Waals surface area contributed by atoms with Gasteiger partial charge in [0.2, 0.25) is 5.91 Å². The van der Waals surface area contributed by atoms with E-state index < -0.39 is 24.4 Å². The molecule has 2 aromatic rings. The zero-order chi connectivity index (χ0) is 19.1. The lowest BCUT2D eigenvalue weighted by atomic mass is 10.2. The number of anilines is 2. The maximum atomic E-state index is 11.9. The first-order chi connectivity index (χ1) is 12.4. The van der Waals surface area contributed by atoms with Crippen LogP contribution in [0.2, 0.25) is 5.02 Å². The molecule has 9 heteroatoms. The van der Waals surface area contributed by atoms with Gasteiger partial charge in [-0.2, -0.15) is 0 Å². The van der Waals surface area contributed by atoms with Crippen LogP contribution in [-0.2, 0) is 14.3 Å². The molecule has 26 heavy (non-hydrogen) atoms. The molecule has 2 amide bonds. The van der Waals surface area contributed by atoms with E-state index in [0.717, 1.165) is 0 Å². The third-order valence-electron chi connectivity index (χ3n) is 3.16. The number of halogens is 2. The second-order valence-corrected chi connectivity index (χ2v) is 6.40. The minimum Gasteiger partial charge on any atom is -0.452 e. The van der Waals surface area contributed by atoms with Crippen molar-refractivity contribution >= 4 is 56.7 Å². The standard InChI is InChI=1S/C17H15BrClN3O4/c18-12-3-1-2-4-14(12)22-15(23)8-21-16(24)9-26-17(25)11-6-5-10(19)7-13(11)20/h1-7H,8-9,20H2,(H,21,24)(H,22,23). The maximum absolute atomic E-state index is 11.9. The van der Waals surface area contributed by atoms with Gasteiger partial charge in [0.25, 0.3) is 5.91 Å². The Hall–Kier alpha value is -2.58. The van der Waals surface area contributed by atoms with Crippen molar-refractivity contribution in [2.45, 2.75) is 0 Å². The number of hydrogen-bond acceptors (Lipinski definition) is 5. The van der Waals surface area contributed by atoms with Gasteiger partial charge in [-0.05, 0) is 46.3 Å². The predicted octanol–water partition coefficient (Wildman–Crippen LogP) is 2.60. The number of carbonyl (C=O) groups is 3. The summed E-state index contributed by atoms with van der Waals surface area (Å²) in [6.45, 7) is -0.802. The largest absolute Gasteiger partial charge is 0.452 e. The van der Waals surface area contributed by atoms with Crippen LogP contribution < -0.4 is 16.4 Å². The zero-order valence-electron chi connectivity index (χ0n) is 13.4. The number of ether oxygens (including phenoxy) is 1. The maximum Gasteiger partial charge on any atom is 0.340 e. The Morgan fingerprint density at radius 1 is 1.12 bits per heavy atom. The van der Waals surface area contributed by atoms with Crippen LogP contribution in [0.5, 0.6) is 0 Å². The number of nitrogen functional groups attached to an aromatic ring is 1. The monoisotopic (exact) mass is 439 g/mol. The van der Waals surface area contributed by atoms with Crippen molar-refractivity contribution in [1.29, 1.82) is 0 Å². The average molecular weight is 441 g/mol. The molecule has 0 aromatic heterocycles. The van der Waals surface area contributed by atoms with Gasteiger partial charge in [0.15, 0.2) is 6.61 Å². The summed E-state index contributed by atoms with van der Waals surface area (Å²) in [5.74, 6) is -1.79. The van der Waals surface area contributed by atoms with Crippen molar-refractivity contribution in [2.24, 2.45) is 0 Å². The van der Waals surface area contributed by atoms with Gasteiger partial charge in [0.05, 0.1) is 17.8 Å². The van der Waals surface area contributed by atoms with E-state index in [-0.39, 0.29) is 17.8 Å². The van der Waals surface area contributed by atoms with Gasteiger partial charge in [-0.25, -0.2) is 4.79 Å². The molecule has 0 unspecified atom stereocenters. The van der Waals surface area contributed by atoms with E-state index in [2.05, 4.69) is 26.6 Å². The summed E-state index contributed by atoms with van der Waals surface area (Å²) in [7, 11) is 0. The van der Waals surface area contributed by atoms with Crippen molar-refractivity contribution in [3.05, 3.63) is 57.5 Å². The Kier molecular flexibility index (Phi) is 6.99. The smallest absolute Gasteiger partial charge is 0.340 e. The van der Waals surface area contributed by atoms with Crippen LogP contribution in [0.3, 0.4) is 0 Å². The van der Waals surface area contributed by atoms with Crippen molar-refractivity contribution < 1.29 is 19.1 Å². The fraction of sp³-hybridized carbons (Fsp3) is 0.118. The van der Waals surface area contributed by atoms with Crippen LogP contribution in [0, 0.1) is 0 Å². The third-order valence-corrected chi connectivity index (χ3v) is 4.09. The SMILES string of the molecule is Nc1cc(Cl)ccc1C(=O)OCC(=O)NCC(=O)Nc1ccccc1Br. The Bertz CT molecular complexity index is 845. The van der Waals surface area contributed by atoms with Crippen LogP contribution >= 0.6 is 27.5 Å². The summed E-state index contributed by atoms with van der Waals surface area (Å²) in [4.78, 5) is 35.4. The van der Waals surface area contributed by atoms with E-state index in [1.165, 1.54) is 18.2 Å². The van der Waals surface area contributed by atoms with Gasteiger partial charge in [-0.15, -0.1) is 0 Å². The summed E-state index contributed by atoms with van der Waals surface area (Å²) in [6, 6.07) is 11.4. The molecule has 0 heterocycles. The fourth-order valence-corrected chi connectivity index (χ4v) is 2.48. The molecule has 2 rings (SSSR count). The minimum atomic E-state index is -0.757. The van der Waals surface area contributed by atoms with Crippen LogP contribution in [0.15, 0.2) is 46.9 Å². The average Bonchev–Trinajstić information content (AvgIpc) is 2.60. The number of carbonyl (C=O) groups excluding carboxylic acids is 3. The Morgan fingerprint density at radius 2 is 1.85 bits per heavy atom. The van der Waals surface area contributed by atoms with Crippen LogP contribution in [0.25, 0.3) is 0 Å². The van der Waals surface area contributed by atoms with E-state index in [0.29, 0.717) is 15.2 Å². The number of hydrogen-bond donors (Lipinski definition) is 3. The summed E-state index contributed by atoms with van der Waals surface area (Å²) in [5.41, 5.74) is 6.50. The van der Waals surface area contributed by atoms with E-state index in [1.807, 2.05) is 6.07 Å². The highest BCUT2D eigenvalue weighted by Gasteiger charge is 2.14. The topological polar surface area (TPSA) is 111 Å². The first-order valence-electron chi connectivity index (χ1n) is 7.40. The van der Waals surface area contributed by atoms with Crippen molar-refractivity contribution in [1.82, 2.24) is 5.32 Å². The number of rotatable bonds is 6. The van der Waals surface area contributed by atoms with Crippen LogP contribution in [-0.4, -0.2) is 30.9 Å². The second kappa shape index (κ2) is 9.21. The number of nitrogens with one attached hydrogen (secondary N) is 2. The summed E-state index contributed by atoms with van der Waals surface area (Å²) >= 11 is 9.05. The highest BCUT2D eigenvalue weighted by Crippen LogP contribution is 2.21. The Balaban J connectivity index is 1.77. The Labute approximate surface area is 163 Å². The van der Waals surface area contributed by atoms with E-state index in [4.69, 9.17) is 22.1 Å². The molecule has 4 N–H and O–H groups in total. The fourth-order valence-electron chi connectivity index (χ4n) is 1.92. The molecule has 0 bridgehead atoms. The minimum absolute atomic E-state index is 0.105. The number of amides is 2. The molecule has 0 saturated carbocycles. The third kappa shape index (κ3) is 5.75. The molecule has 136 valence electrons. The lowest BCUT2D eigenvalue weighted by molar-refractivity contribution is -0.126. The van der Waals surface area contributed by atoms with Crippen LogP contribution in [0.4, 0.5) is 11.4 Å². The van der Waals surface area contributed by atoms with Crippen molar-refractivity contribution in [3.63, 3.8) is 0 Å². The van der Waals surface area contributed by atoms with Gasteiger partial charge >= 0.3 is 5.97 Å². The zero-order valence-corrected chi connectivity index (χ0v) is 15.8. The lowest BCUT2D eigenvalue weighted by Crippen LogP contribution is -2.35. The number of para-hydroxylation sites is 1. The number of nitrogens with two attached hydrogens (primary N) is 1. The summed E-state index contributed by atoms with van der Waals surface area (Å²) in [6.07, 6.45) is 0. The second-order valence-electron chi connectivity index (χ2n) is 5.11. The molecule has 7 nitrogen and oxygen atoms in total. The highest BCUT2D eigenvalue weighted by molar-refractivity contribution is 9.10. The summed E-state index contributed by atoms with van der Waals surface area (Å²) < 4.78 is 5.58. The molecule has 0 saturated heterocycles. The normalized spacial score (nSPS) is 10.1. The molecule has 0 aliphatic heterocycles. The molecule has 0 atom stereocenters. The molecule has 0 radical (unpaired) electrons. The quantitative estimate of drug-likeness (QED) is 0.472. The molecule has 0 aliphatic rings. The molecule has 0 aliphatic carbocycles. The lowest BCUT2D eigenvalue weighted by Gasteiger charge is -2.09. The first-order valence-corrected chi connectivity index (χ1v) is 8.57. The Morgan fingerprint density at radius 3 is 2.54 bits per heavy atom. The van der Waals surface area contributed by atoms with E-state index in [9.17, 15) is 14.4 Å². The van der Waals surface area contributed by atoms with Gasteiger partial charge in [-0.3, -0.25) is 9.59 Å². The van der Waals surface area contributed by atoms with Gasteiger partial charge < -0.3 is 21.1 Å². The molecule has 2 aromatic carbocycles.